The minimum absolute atomic E-state index is 0.00194. The topological polar surface area (TPSA) is 70.1 Å². The molecule has 0 aliphatic carbocycles. The highest BCUT2D eigenvalue weighted by atomic mass is 16.3. The van der Waals surface area contributed by atoms with E-state index in [9.17, 15) is 5.11 Å². The molecule has 1 aromatic heterocycles. The molecule has 0 aliphatic rings. The molecule has 1 unspecified atom stereocenters. The summed E-state index contributed by atoms with van der Waals surface area (Å²) in [5.41, 5.74) is 1.89. The van der Waals surface area contributed by atoms with Gasteiger partial charge in [0.05, 0.1) is 12.6 Å². The van der Waals surface area contributed by atoms with Gasteiger partial charge in [0, 0.05) is 18.8 Å². The lowest BCUT2D eigenvalue weighted by Crippen LogP contribution is -2.16. The molecule has 2 rings (SSSR count). The van der Waals surface area contributed by atoms with Crippen LogP contribution in [0.1, 0.15) is 17.3 Å². The molecule has 1 aromatic carbocycles. The zero-order chi connectivity index (χ0) is 13.7. The van der Waals surface area contributed by atoms with Crippen LogP contribution in [0.15, 0.2) is 36.4 Å². The second-order valence-corrected chi connectivity index (χ2v) is 4.26. The SMILES string of the molecule is CNc1nc(C)cc(NC(CO)c2ccccc2)n1. The van der Waals surface area contributed by atoms with Crippen molar-refractivity contribution in [2.24, 2.45) is 0 Å². The summed E-state index contributed by atoms with van der Waals surface area (Å²) in [4.78, 5) is 8.55. The summed E-state index contributed by atoms with van der Waals surface area (Å²) < 4.78 is 0. The zero-order valence-corrected chi connectivity index (χ0v) is 11.1. The maximum absolute atomic E-state index is 9.52. The van der Waals surface area contributed by atoms with Crippen LogP contribution in [-0.4, -0.2) is 28.7 Å². The van der Waals surface area contributed by atoms with Crippen LogP contribution in [0.5, 0.6) is 0 Å². The van der Waals surface area contributed by atoms with Crippen LogP contribution in [0.3, 0.4) is 0 Å². The lowest BCUT2D eigenvalue weighted by Gasteiger charge is -2.18. The molecule has 0 fully saturated rings. The van der Waals surface area contributed by atoms with Gasteiger partial charge in [0.25, 0.3) is 0 Å². The van der Waals surface area contributed by atoms with Crippen LogP contribution < -0.4 is 10.6 Å². The third-order valence-electron chi connectivity index (χ3n) is 2.78. The van der Waals surface area contributed by atoms with E-state index in [-0.39, 0.29) is 12.6 Å². The number of anilines is 2. The number of hydrogen-bond donors (Lipinski definition) is 3. The molecule has 1 atom stereocenters. The molecule has 5 heteroatoms. The van der Waals surface area contributed by atoms with Crippen molar-refractivity contribution in [3.05, 3.63) is 47.7 Å². The van der Waals surface area contributed by atoms with Gasteiger partial charge in [-0.15, -0.1) is 0 Å². The molecule has 0 saturated carbocycles. The summed E-state index contributed by atoms with van der Waals surface area (Å²) >= 11 is 0. The van der Waals surface area contributed by atoms with Crippen LogP contribution in [0.25, 0.3) is 0 Å². The van der Waals surface area contributed by atoms with Gasteiger partial charge in [-0.1, -0.05) is 30.3 Å². The highest BCUT2D eigenvalue weighted by Crippen LogP contribution is 2.19. The molecular weight excluding hydrogens is 240 g/mol. The molecule has 0 amide bonds. The normalized spacial score (nSPS) is 11.9. The van der Waals surface area contributed by atoms with Gasteiger partial charge in [0.2, 0.25) is 5.95 Å². The van der Waals surface area contributed by atoms with E-state index in [0.29, 0.717) is 11.8 Å². The molecule has 0 saturated heterocycles. The number of aromatic nitrogens is 2. The number of benzene rings is 1. The van der Waals surface area contributed by atoms with Crippen molar-refractivity contribution in [1.29, 1.82) is 0 Å². The number of aliphatic hydroxyl groups excluding tert-OH is 1. The second-order valence-electron chi connectivity index (χ2n) is 4.26. The van der Waals surface area contributed by atoms with Gasteiger partial charge in [0.1, 0.15) is 5.82 Å². The Hall–Kier alpha value is -2.14. The number of aliphatic hydroxyl groups is 1. The van der Waals surface area contributed by atoms with Gasteiger partial charge in [-0.2, -0.15) is 4.98 Å². The van der Waals surface area contributed by atoms with Crippen molar-refractivity contribution in [3.8, 4) is 0 Å². The van der Waals surface area contributed by atoms with Gasteiger partial charge >= 0.3 is 0 Å². The van der Waals surface area contributed by atoms with Crippen LogP contribution >= 0.6 is 0 Å². The Bertz CT molecular complexity index is 530. The Morgan fingerprint density at radius 2 is 1.95 bits per heavy atom. The van der Waals surface area contributed by atoms with Gasteiger partial charge in [0.15, 0.2) is 0 Å². The quantitative estimate of drug-likeness (QED) is 0.765. The number of rotatable bonds is 5. The predicted octanol–water partition coefficient (Wildman–Crippen LogP) is 1.97. The van der Waals surface area contributed by atoms with Crippen molar-refractivity contribution < 1.29 is 5.11 Å². The first kappa shape index (κ1) is 13.3. The number of aryl methyl sites for hydroxylation is 1. The molecule has 100 valence electrons. The Morgan fingerprint density at radius 3 is 2.58 bits per heavy atom. The largest absolute Gasteiger partial charge is 0.394 e. The standard InChI is InChI=1S/C14H18N4O/c1-10-8-13(18-14(15-2)16-10)17-12(9-19)11-6-4-3-5-7-11/h3-8,12,19H,9H2,1-2H3,(H2,15,16,17,18). The molecule has 3 N–H and O–H groups in total. The van der Waals surface area contributed by atoms with E-state index in [1.54, 1.807) is 7.05 Å². The smallest absolute Gasteiger partial charge is 0.224 e. The van der Waals surface area contributed by atoms with Crippen LogP contribution in [-0.2, 0) is 0 Å². The van der Waals surface area contributed by atoms with Crippen LogP contribution in [0, 0.1) is 6.92 Å². The van der Waals surface area contributed by atoms with E-state index in [4.69, 9.17) is 0 Å². The Morgan fingerprint density at radius 1 is 1.21 bits per heavy atom. The maximum atomic E-state index is 9.52. The minimum Gasteiger partial charge on any atom is -0.394 e. The average Bonchev–Trinajstić information content (AvgIpc) is 2.45. The fourth-order valence-corrected chi connectivity index (χ4v) is 1.85. The average molecular weight is 258 g/mol. The molecule has 1 heterocycles. The van der Waals surface area contributed by atoms with E-state index < -0.39 is 0 Å². The number of nitrogens with zero attached hydrogens (tertiary/aromatic N) is 2. The maximum Gasteiger partial charge on any atom is 0.224 e. The summed E-state index contributed by atoms with van der Waals surface area (Å²) in [5.74, 6) is 1.26. The van der Waals surface area contributed by atoms with Crippen LogP contribution in [0.4, 0.5) is 11.8 Å². The van der Waals surface area contributed by atoms with Crippen molar-refractivity contribution >= 4 is 11.8 Å². The first-order chi connectivity index (χ1) is 9.22. The highest BCUT2D eigenvalue weighted by Gasteiger charge is 2.11. The van der Waals surface area contributed by atoms with Crippen molar-refractivity contribution in [2.45, 2.75) is 13.0 Å². The first-order valence-corrected chi connectivity index (χ1v) is 6.18. The molecule has 0 spiro atoms. The Balaban J connectivity index is 2.21. The fraction of sp³-hybridized carbons (Fsp3) is 0.286. The summed E-state index contributed by atoms with van der Waals surface area (Å²) in [6.45, 7) is 1.91. The summed E-state index contributed by atoms with van der Waals surface area (Å²) in [7, 11) is 1.78. The second kappa shape index (κ2) is 6.15. The van der Waals surface area contributed by atoms with Gasteiger partial charge < -0.3 is 15.7 Å². The van der Waals surface area contributed by atoms with E-state index in [1.807, 2.05) is 43.3 Å². The molecule has 0 aliphatic heterocycles. The summed E-state index contributed by atoms with van der Waals surface area (Å²) in [6.07, 6.45) is 0. The van der Waals surface area contributed by atoms with E-state index >= 15 is 0 Å². The fourth-order valence-electron chi connectivity index (χ4n) is 1.85. The number of hydrogen-bond acceptors (Lipinski definition) is 5. The summed E-state index contributed by atoms with van der Waals surface area (Å²) in [5, 5.41) is 15.6. The zero-order valence-electron chi connectivity index (χ0n) is 11.1. The van der Waals surface area contributed by atoms with Crippen molar-refractivity contribution in [3.63, 3.8) is 0 Å². The molecule has 5 nitrogen and oxygen atoms in total. The lowest BCUT2D eigenvalue weighted by atomic mass is 10.1. The Labute approximate surface area is 112 Å². The van der Waals surface area contributed by atoms with E-state index in [2.05, 4.69) is 20.6 Å². The predicted molar refractivity (Wildman–Crippen MR) is 76.2 cm³/mol. The minimum atomic E-state index is -0.180. The van der Waals surface area contributed by atoms with Crippen LogP contribution in [0.2, 0.25) is 0 Å². The number of nitrogens with one attached hydrogen (secondary N) is 2. The first-order valence-electron chi connectivity index (χ1n) is 6.18. The van der Waals surface area contributed by atoms with Gasteiger partial charge in [-0.3, -0.25) is 0 Å². The van der Waals surface area contributed by atoms with Gasteiger partial charge in [-0.25, -0.2) is 4.98 Å². The molecular formula is C14H18N4O. The molecule has 0 bridgehead atoms. The summed E-state index contributed by atoms with van der Waals surface area (Å²) in [6, 6.07) is 11.5. The van der Waals surface area contributed by atoms with Crippen molar-refractivity contribution in [2.75, 3.05) is 24.3 Å². The molecule has 2 aromatic rings. The van der Waals surface area contributed by atoms with E-state index in [1.165, 1.54) is 0 Å². The highest BCUT2D eigenvalue weighted by molar-refractivity contribution is 5.44. The third kappa shape index (κ3) is 3.42. The molecule has 0 radical (unpaired) electrons. The van der Waals surface area contributed by atoms with Crippen molar-refractivity contribution in [1.82, 2.24) is 9.97 Å². The Kier molecular flexibility index (Phi) is 4.30. The van der Waals surface area contributed by atoms with E-state index in [0.717, 1.165) is 11.3 Å². The third-order valence-corrected chi connectivity index (χ3v) is 2.78. The lowest BCUT2D eigenvalue weighted by molar-refractivity contribution is 0.276. The monoisotopic (exact) mass is 258 g/mol. The molecule has 19 heavy (non-hydrogen) atoms. The van der Waals surface area contributed by atoms with Gasteiger partial charge in [-0.05, 0) is 12.5 Å².